The van der Waals surface area contributed by atoms with Crippen molar-refractivity contribution >= 4 is 22.1 Å². The van der Waals surface area contributed by atoms with E-state index in [1.54, 1.807) is 0 Å². The van der Waals surface area contributed by atoms with E-state index in [9.17, 15) is 0 Å². The summed E-state index contributed by atoms with van der Waals surface area (Å²) in [6.45, 7) is 4.08. The number of hydrogen-bond acceptors (Lipinski definition) is 5. The summed E-state index contributed by atoms with van der Waals surface area (Å²) in [5.41, 5.74) is 13.6. The molecule has 0 N–H and O–H groups in total. The molecule has 9 rings (SSSR count). The molecule has 0 amide bonds. The minimum absolute atomic E-state index is 0. The number of rotatable bonds is 7. The van der Waals surface area contributed by atoms with Gasteiger partial charge in [0.25, 0.3) is 0 Å². The maximum absolute atomic E-state index is 6.38. The van der Waals surface area contributed by atoms with Crippen molar-refractivity contribution in [3.63, 3.8) is 0 Å². The van der Waals surface area contributed by atoms with Crippen LogP contribution in [0, 0.1) is 31.9 Å². The van der Waals surface area contributed by atoms with Crippen LogP contribution in [-0.4, -0.2) is 19.9 Å². The van der Waals surface area contributed by atoms with Gasteiger partial charge in [0.05, 0.1) is 5.58 Å². The van der Waals surface area contributed by atoms with E-state index in [0.717, 1.165) is 63.3 Å². The summed E-state index contributed by atoms with van der Waals surface area (Å²) in [6, 6.07) is 41.9. The van der Waals surface area contributed by atoms with Gasteiger partial charge in [-0.05, 0) is 96.6 Å². The maximum Gasteiger partial charge on any atom is 0.216 e. The van der Waals surface area contributed by atoms with Crippen LogP contribution in [-0.2, 0) is 32.9 Å². The van der Waals surface area contributed by atoms with Gasteiger partial charge in [0.15, 0.2) is 0 Å². The second-order valence-electron chi connectivity index (χ2n) is 13.8. The fourth-order valence-corrected chi connectivity index (χ4v) is 7.35. The molecule has 5 heterocycles. The van der Waals surface area contributed by atoms with Gasteiger partial charge < -0.3 is 14.4 Å². The van der Waals surface area contributed by atoms with Crippen LogP contribution in [0.4, 0.5) is 0 Å². The largest absolute Gasteiger partial charge is 0.486 e. The zero-order chi connectivity index (χ0) is 35.3. The first-order valence-electron chi connectivity index (χ1n) is 18.2. The Morgan fingerprint density at radius 3 is 2.36 bits per heavy atom. The van der Waals surface area contributed by atoms with Crippen LogP contribution in [0.2, 0.25) is 0 Å². The minimum atomic E-state index is 0. The molecular weight excluding hydrogens is 829 g/mol. The Labute approximate surface area is 325 Å². The van der Waals surface area contributed by atoms with Crippen LogP contribution in [0.1, 0.15) is 53.6 Å². The summed E-state index contributed by atoms with van der Waals surface area (Å²) in [7, 11) is 0. The van der Waals surface area contributed by atoms with Gasteiger partial charge in [-0.15, -0.1) is 53.6 Å². The van der Waals surface area contributed by atoms with Crippen molar-refractivity contribution in [2.45, 2.75) is 52.4 Å². The molecule has 265 valence electrons. The van der Waals surface area contributed by atoms with Crippen LogP contribution >= 0.6 is 0 Å². The summed E-state index contributed by atoms with van der Waals surface area (Å²) in [5.74, 6) is 0.797. The molecule has 6 heteroatoms. The van der Waals surface area contributed by atoms with Crippen molar-refractivity contribution in [3.05, 3.63) is 168 Å². The summed E-state index contributed by atoms with van der Waals surface area (Å²) in [4.78, 5) is 18.0. The molecule has 5 aromatic heterocycles. The molecule has 5 nitrogen and oxygen atoms in total. The normalized spacial score (nSPS) is 12.7. The predicted molar refractivity (Wildman–Crippen MR) is 210 cm³/mol. The molecular formula is C47H40IrN4O-2. The first-order chi connectivity index (χ1) is 25.6. The molecule has 0 saturated heterocycles. The van der Waals surface area contributed by atoms with E-state index in [2.05, 4.69) is 101 Å². The Morgan fingerprint density at radius 2 is 1.57 bits per heavy atom. The van der Waals surface area contributed by atoms with Gasteiger partial charge in [-0.25, -0.2) is 4.98 Å². The van der Waals surface area contributed by atoms with Crippen molar-refractivity contribution in [1.82, 2.24) is 19.9 Å². The molecule has 0 aliphatic heterocycles. The van der Waals surface area contributed by atoms with Gasteiger partial charge in [-0.3, -0.25) is 4.98 Å². The molecule has 1 saturated carbocycles. The first-order valence-corrected chi connectivity index (χ1v) is 18.2. The van der Waals surface area contributed by atoms with Crippen LogP contribution < -0.4 is 0 Å². The quantitative estimate of drug-likeness (QED) is 0.149. The Bertz CT molecular complexity index is 2440. The van der Waals surface area contributed by atoms with E-state index >= 15 is 0 Å². The van der Waals surface area contributed by atoms with Gasteiger partial charge in [0.1, 0.15) is 0 Å². The zero-order valence-corrected chi connectivity index (χ0v) is 32.4. The minimum Gasteiger partial charge on any atom is -0.486 e. The second kappa shape index (κ2) is 16.6. The number of aromatic nitrogens is 4. The fraction of sp³-hybridized carbons (Fsp3) is 0.191. The summed E-state index contributed by atoms with van der Waals surface area (Å²) in [6.07, 6.45) is 14.8. The standard InChI is InChI=1S/C29H26N3O.C18H14N.Ir/c1-19-6-8-25-27-23(17-21-10-13-30-14-11-21)7-9-24(28(27)33-29(25)32-19)26-18-22(12-15-31-26)16-20-4-2-3-5-20;1-14-13-19-18(16-10-6-3-7-11-16)12-17(14)15-8-4-2-5-9-15;/h6-8,10-15,18,20H,2-5,16-17H2,1H3;2-10,12-13H,1H3;/q2*-1;. The number of pyridine rings is 4. The average Bonchev–Trinajstić information content (AvgIpc) is 3.84. The third-order valence-electron chi connectivity index (χ3n) is 10.0. The molecule has 8 aromatic rings. The Kier molecular flexibility index (Phi) is 11.3. The molecule has 1 aliphatic carbocycles. The second-order valence-corrected chi connectivity index (χ2v) is 13.8. The maximum atomic E-state index is 6.38. The van der Waals surface area contributed by atoms with Crippen molar-refractivity contribution in [1.29, 1.82) is 0 Å². The molecule has 0 atom stereocenters. The van der Waals surface area contributed by atoms with E-state index in [1.807, 2.05) is 68.1 Å². The molecule has 0 unspecified atom stereocenters. The van der Waals surface area contributed by atoms with Gasteiger partial charge in [0, 0.05) is 56.0 Å². The SMILES string of the molecule is Cc1ccc2c(n1)oc1c(-c3cc(CC4CCCC4)ccn3)[c-]cc(Cc3ccncc3)c12.Cc1cnc(-c2[c-]cccc2)cc1-c1ccccc1.[Ir]. The van der Waals surface area contributed by atoms with Gasteiger partial charge in [-0.2, -0.15) is 0 Å². The number of benzene rings is 3. The monoisotopic (exact) mass is 869 g/mol. The molecule has 0 bridgehead atoms. The van der Waals surface area contributed by atoms with Crippen molar-refractivity contribution in [2.75, 3.05) is 0 Å². The van der Waals surface area contributed by atoms with E-state index in [-0.39, 0.29) is 20.1 Å². The molecule has 1 fully saturated rings. The summed E-state index contributed by atoms with van der Waals surface area (Å²) < 4.78 is 6.38. The van der Waals surface area contributed by atoms with Gasteiger partial charge in [-0.1, -0.05) is 84.7 Å². The third kappa shape index (κ3) is 8.20. The smallest absolute Gasteiger partial charge is 0.216 e. The Hall–Kier alpha value is -5.29. The Morgan fingerprint density at radius 1 is 0.774 bits per heavy atom. The van der Waals surface area contributed by atoms with Crippen LogP contribution in [0.3, 0.4) is 0 Å². The van der Waals surface area contributed by atoms with Crippen molar-refractivity contribution < 1.29 is 24.5 Å². The number of aryl methyl sites for hydroxylation is 2. The summed E-state index contributed by atoms with van der Waals surface area (Å²) in [5, 5.41) is 2.14. The van der Waals surface area contributed by atoms with Crippen LogP contribution in [0.25, 0.3) is 55.7 Å². The zero-order valence-electron chi connectivity index (χ0n) is 30.0. The molecule has 3 aromatic carbocycles. The van der Waals surface area contributed by atoms with Crippen molar-refractivity contribution in [3.8, 4) is 33.6 Å². The number of hydrogen-bond donors (Lipinski definition) is 0. The van der Waals surface area contributed by atoms with Crippen LogP contribution in [0.5, 0.6) is 0 Å². The van der Waals surface area contributed by atoms with E-state index in [0.29, 0.717) is 5.71 Å². The van der Waals surface area contributed by atoms with Crippen molar-refractivity contribution in [2.24, 2.45) is 5.92 Å². The van der Waals surface area contributed by atoms with E-state index in [1.165, 1.54) is 59.1 Å². The first kappa shape index (κ1) is 36.1. The average molecular weight is 869 g/mol. The van der Waals surface area contributed by atoms with Gasteiger partial charge >= 0.3 is 0 Å². The molecule has 0 spiro atoms. The van der Waals surface area contributed by atoms with E-state index < -0.39 is 0 Å². The number of nitrogens with zero attached hydrogens (tertiary/aromatic N) is 4. The fourth-order valence-electron chi connectivity index (χ4n) is 7.35. The number of furan rings is 1. The predicted octanol–water partition coefficient (Wildman–Crippen LogP) is 11.4. The van der Waals surface area contributed by atoms with E-state index in [4.69, 9.17) is 9.40 Å². The summed E-state index contributed by atoms with van der Waals surface area (Å²) >= 11 is 0. The molecule has 53 heavy (non-hydrogen) atoms. The van der Waals surface area contributed by atoms with Crippen LogP contribution in [0.15, 0.2) is 132 Å². The number of fused-ring (bicyclic) bond motifs is 3. The topological polar surface area (TPSA) is 64.7 Å². The van der Waals surface area contributed by atoms with Gasteiger partial charge in [0.2, 0.25) is 5.71 Å². The third-order valence-corrected chi connectivity index (χ3v) is 10.0. The Balaban J connectivity index is 0.000000186. The molecule has 1 aliphatic rings. The molecule has 1 radical (unpaired) electrons.